The van der Waals surface area contributed by atoms with Crippen LogP contribution in [0.5, 0.6) is 5.88 Å². The maximum Gasteiger partial charge on any atom is 0.232 e. The van der Waals surface area contributed by atoms with Crippen molar-refractivity contribution < 1.29 is 13.9 Å². The Bertz CT molecular complexity index is 1240. The molecule has 160 valence electrons. The Morgan fingerprint density at radius 1 is 1.19 bits per heavy atom. The summed E-state index contributed by atoms with van der Waals surface area (Å²) in [6.45, 7) is 4.51. The highest BCUT2D eigenvalue weighted by atomic mass is 16.5. The van der Waals surface area contributed by atoms with E-state index in [1.165, 1.54) is 0 Å². The van der Waals surface area contributed by atoms with Crippen LogP contribution in [0.3, 0.4) is 0 Å². The third kappa shape index (κ3) is 3.23. The molecule has 8 nitrogen and oxygen atoms in total. The molecular weight excluding hydrogens is 394 g/mol. The highest BCUT2D eigenvalue weighted by Gasteiger charge is 2.28. The van der Waals surface area contributed by atoms with Crippen LogP contribution in [0.4, 0.5) is 5.69 Å². The Balaban J connectivity index is 1.38. The quantitative estimate of drug-likeness (QED) is 0.543. The third-order valence-electron chi connectivity index (χ3n) is 6.22. The van der Waals surface area contributed by atoms with Crippen LogP contribution in [0, 0.1) is 0 Å². The van der Waals surface area contributed by atoms with E-state index in [0.717, 1.165) is 66.4 Å². The fourth-order valence-electron chi connectivity index (χ4n) is 4.47. The predicted octanol–water partition coefficient (Wildman–Crippen LogP) is 3.24. The first-order valence-corrected chi connectivity index (χ1v) is 10.8. The highest BCUT2D eigenvalue weighted by Crippen LogP contribution is 2.35. The lowest BCUT2D eigenvalue weighted by Gasteiger charge is -2.35. The van der Waals surface area contributed by atoms with E-state index in [4.69, 9.17) is 19.6 Å². The molecule has 1 aromatic carbocycles. The van der Waals surface area contributed by atoms with Gasteiger partial charge in [0.1, 0.15) is 17.4 Å². The Labute approximate surface area is 179 Å². The van der Waals surface area contributed by atoms with Crippen molar-refractivity contribution in [3.05, 3.63) is 42.6 Å². The number of anilines is 1. The molecule has 31 heavy (non-hydrogen) atoms. The van der Waals surface area contributed by atoms with Gasteiger partial charge < -0.3 is 24.5 Å². The van der Waals surface area contributed by atoms with Crippen molar-refractivity contribution in [3.63, 3.8) is 0 Å². The van der Waals surface area contributed by atoms with E-state index in [1.54, 1.807) is 10.7 Å². The number of ether oxygens (including phenoxy) is 2. The van der Waals surface area contributed by atoms with Crippen molar-refractivity contribution in [3.8, 4) is 17.3 Å². The lowest BCUT2D eigenvalue weighted by atomic mass is 9.90. The number of fused-ring (bicyclic) bond motifs is 2. The van der Waals surface area contributed by atoms with E-state index < -0.39 is 0 Å². The van der Waals surface area contributed by atoms with Gasteiger partial charge in [0.2, 0.25) is 5.88 Å². The third-order valence-corrected chi connectivity index (χ3v) is 6.22. The molecule has 8 heteroatoms. The lowest BCUT2D eigenvalue weighted by Crippen LogP contribution is -2.43. The fourth-order valence-corrected chi connectivity index (χ4v) is 4.47. The summed E-state index contributed by atoms with van der Waals surface area (Å²) in [5.41, 5.74) is 9.42. The summed E-state index contributed by atoms with van der Waals surface area (Å²) >= 11 is 0. The van der Waals surface area contributed by atoms with Gasteiger partial charge in [0.15, 0.2) is 11.4 Å². The molecule has 0 unspecified atom stereocenters. The monoisotopic (exact) mass is 419 g/mol. The van der Waals surface area contributed by atoms with E-state index >= 15 is 0 Å². The summed E-state index contributed by atoms with van der Waals surface area (Å²) in [5, 5.41) is 5.74. The van der Waals surface area contributed by atoms with Gasteiger partial charge in [-0.05, 0) is 44.0 Å². The van der Waals surface area contributed by atoms with E-state index in [1.807, 2.05) is 24.3 Å². The second kappa shape index (κ2) is 7.25. The number of hydrogen-bond donors (Lipinski definition) is 1. The second-order valence-electron chi connectivity index (χ2n) is 8.47. The number of morpholine rings is 1. The van der Waals surface area contributed by atoms with Gasteiger partial charge in [-0.3, -0.25) is 0 Å². The van der Waals surface area contributed by atoms with Crippen LogP contribution in [0.2, 0.25) is 0 Å². The van der Waals surface area contributed by atoms with Gasteiger partial charge in [0.05, 0.1) is 19.4 Å². The molecule has 6 rings (SSSR count). The van der Waals surface area contributed by atoms with Crippen LogP contribution in [-0.4, -0.2) is 52.5 Å². The van der Waals surface area contributed by atoms with Gasteiger partial charge >= 0.3 is 0 Å². The molecule has 2 fully saturated rings. The highest BCUT2D eigenvalue weighted by molar-refractivity contribution is 5.94. The number of benzene rings is 1. The van der Waals surface area contributed by atoms with Crippen LogP contribution < -0.4 is 15.4 Å². The average molecular weight is 419 g/mol. The van der Waals surface area contributed by atoms with E-state index in [0.29, 0.717) is 11.9 Å². The van der Waals surface area contributed by atoms with Crippen molar-refractivity contribution in [1.29, 1.82) is 0 Å². The molecule has 0 amide bonds. The minimum absolute atomic E-state index is 0.135. The largest absolute Gasteiger partial charge is 0.473 e. The first-order valence-electron chi connectivity index (χ1n) is 10.8. The molecule has 1 aliphatic carbocycles. The molecule has 0 spiro atoms. The molecule has 1 saturated heterocycles. The summed E-state index contributed by atoms with van der Waals surface area (Å²) in [5.74, 6) is 1.30. The molecule has 4 aromatic rings. The van der Waals surface area contributed by atoms with Gasteiger partial charge in [-0.25, -0.2) is 9.50 Å². The first-order chi connectivity index (χ1) is 15.2. The topological polar surface area (TPSA) is 91.0 Å². The number of hydrogen-bond acceptors (Lipinski definition) is 7. The van der Waals surface area contributed by atoms with Gasteiger partial charge in [-0.2, -0.15) is 0 Å². The van der Waals surface area contributed by atoms with Crippen LogP contribution in [-0.2, 0) is 4.74 Å². The molecular formula is C23H25N5O3. The SMILES string of the molecule is C[C@H]1COCCN1c1cccc2oc(-c3cnc4ccc(O[C@H]5C[C@H](N)C5)nn34)cc12. The van der Waals surface area contributed by atoms with Crippen LogP contribution in [0.25, 0.3) is 28.1 Å². The molecule has 2 N–H and O–H groups in total. The number of rotatable bonds is 4. The molecule has 1 saturated carbocycles. The Morgan fingerprint density at radius 3 is 2.94 bits per heavy atom. The first kappa shape index (κ1) is 18.7. The van der Waals surface area contributed by atoms with Crippen molar-refractivity contribution in [1.82, 2.24) is 14.6 Å². The zero-order valence-corrected chi connectivity index (χ0v) is 17.4. The maximum atomic E-state index is 6.24. The van der Waals surface area contributed by atoms with Crippen molar-refractivity contribution in [2.75, 3.05) is 24.7 Å². The van der Waals surface area contributed by atoms with Crippen LogP contribution in [0.15, 0.2) is 47.0 Å². The van der Waals surface area contributed by atoms with Gasteiger partial charge in [0, 0.05) is 35.8 Å². The standard InChI is InChI=1S/C23H25N5O3/c1-14-13-29-8-7-27(14)18-3-2-4-20-17(18)11-21(31-20)19-12-25-22-5-6-23(26-28(19)22)30-16-9-15(24)10-16/h2-6,11-12,14-16H,7-10,13,24H2,1H3/t14-,15-,16-/m0/s1. The lowest BCUT2D eigenvalue weighted by molar-refractivity contribution is 0.0944. The molecule has 1 aliphatic heterocycles. The van der Waals surface area contributed by atoms with E-state index in [-0.39, 0.29) is 12.1 Å². The Kier molecular flexibility index (Phi) is 4.36. The Morgan fingerprint density at radius 2 is 2.10 bits per heavy atom. The predicted molar refractivity (Wildman–Crippen MR) is 117 cm³/mol. The number of aromatic nitrogens is 3. The Hall–Kier alpha value is -3.10. The van der Waals surface area contributed by atoms with Crippen molar-refractivity contribution in [2.45, 2.75) is 38.0 Å². The minimum atomic E-state index is 0.135. The molecule has 0 radical (unpaired) electrons. The number of imidazole rings is 1. The van der Waals surface area contributed by atoms with E-state index in [9.17, 15) is 0 Å². The fraction of sp³-hybridized carbons (Fsp3) is 0.391. The van der Waals surface area contributed by atoms with Gasteiger partial charge in [-0.1, -0.05) is 6.07 Å². The average Bonchev–Trinajstić information content (AvgIpc) is 3.36. The number of nitrogens with zero attached hydrogens (tertiary/aromatic N) is 4. The summed E-state index contributed by atoms with van der Waals surface area (Å²) in [6, 6.07) is 12.6. The molecule has 0 bridgehead atoms. The molecule has 1 atom stereocenters. The number of nitrogens with two attached hydrogens (primary N) is 1. The van der Waals surface area contributed by atoms with Gasteiger partial charge in [-0.15, -0.1) is 5.10 Å². The number of furan rings is 1. The maximum absolute atomic E-state index is 6.24. The van der Waals surface area contributed by atoms with Crippen LogP contribution in [0.1, 0.15) is 19.8 Å². The van der Waals surface area contributed by atoms with E-state index in [2.05, 4.69) is 34.0 Å². The smallest absolute Gasteiger partial charge is 0.232 e. The zero-order chi connectivity index (χ0) is 20.9. The molecule has 2 aliphatic rings. The molecule has 4 heterocycles. The summed E-state index contributed by atoms with van der Waals surface area (Å²) in [4.78, 5) is 6.88. The zero-order valence-electron chi connectivity index (χ0n) is 17.4. The minimum Gasteiger partial charge on any atom is -0.473 e. The van der Waals surface area contributed by atoms with Crippen molar-refractivity contribution >= 4 is 22.3 Å². The summed E-state index contributed by atoms with van der Waals surface area (Å²) in [7, 11) is 0. The second-order valence-corrected chi connectivity index (χ2v) is 8.47. The normalized spacial score (nSPS) is 23.9. The van der Waals surface area contributed by atoms with Gasteiger partial charge in [0.25, 0.3) is 0 Å². The van der Waals surface area contributed by atoms with Crippen molar-refractivity contribution in [2.24, 2.45) is 5.73 Å². The molecule has 3 aromatic heterocycles. The van der Waals surface area contributed by atoms with Crippen LogP contribution >= 0.6 is 0 Å². The summed E-state index contributed by atoms with van der Waals surface area (Å²) in [6.07, 6.45) is 3.65. The summed E-state index contributed by atoms with van der Waals surface area (Å²) < 4.78 is 19.6.